The molecule has 0 nitrogen and oxygen atoms in total. The SMILES string of the molecule is CCCCc1cc2ccc3ccccc3c2[cH-]1.CCCCc1cc2ccc3ccccc3c2[cH-]1.[CH3-].[CH3-].[Si]=[Ti]. The fraction of sp³-hybridized carbons (Fsp3) is 0.222. The molecule has 0 amide bonds. The fourth-order valence-electron chi connectivity index (χ4n) is 5.10. The van der Waals surface area contributed by atoms with Gasteiger partial charge in [0.25, 0.3) is 0 Å². The number of hydrogen-bond acceptors (Lipinski definition) is 0. The van der Waals surface area contributed by atoms with Crippen molar-refractivity contribution in [2.45, 2.75) is 52.4 Å². The summed E-state index contributed by atoms with van der Waals surface area (Å²) in [5.74, 6) is 0. The molecule has 6 aromatic rings. The number of aryl methyl sites for hydroxylation is 2. The van der Waals surface area contributed by atoms with E-state index >= 15 is 0 Å². The van der Waals surface area contributed by atoms with Crippen molar-refractivity contribution in [3.05, 3.63) is 123 Å². The van der Waals surface area contributed by atoms with Crippen LogP contribution in [0.3, 0.4) is 0 Å². The molecule has 0 aliphatic heterocycles. The molecular weight excluding hydrogens is 508 g/mol. The molecule has 0 atom stereocenters. The van der Waals surface area contributed by atoms with Gasteiger partial charge in [-0.25, -0.2) is 0 Å². The summed E-state index contributed by atoms with van der Waals surface area (Å²) in [4.78, 5) is 0. The molecule has 0 unspecified atom stereocenters. The Bertz CT molecular complexity index is 1430. The molecule has 38 heavy (non-hydrogen) atoms. The summed E-state index contributed by atoms with van der Waals surface area (Å²) >= 11 is 1.81. The van der Waals surface area contributed by atoms with Gasteiger partial charge in [-0.2, -0.15) is 12.1 Å². The van der Waals surface area contributed by atoms with Crippen LogP contribution in [-0.2, 0) is 32.0 Å². The molecule has 196 valence electrons. The zero-order chi connectivity index (χ0) is 25.3. The van der Waals surface area contributed by atoms with E-state index in [1.54, 1.807) is 19.2 Å². The van der Waals surface area contributed by atoms with Crippen molar-refractivity contribution in [2.75, 3.05) is 0 Å². The van der Waals surface area contributed by atoms with Crippen LogP contribution in [0.25, 0.3) is 43.1 Å². The van der Waals surface area contributed by atoms with Crippen molar-refractivity contribution < 1.29 is 19.2 Å². The van der Waals surface area contributed by atoms with Crippen LogP contribution in [0.2, 0.25) is 0 Å². The van der Waals surface area contributed by atoms with E-state index < -0.39 is 0 Å². The van der Waals surface area contributed by atoms with Crippen molar-refractivity contribution in [1.82, 2.24) is 0 Å². The Morgan fingerprint density at radius 2 is 0.921 bits per heavy atom. The van der Waals surface area contributed by atoms with E-state index in [-0.39, 0.29) is 14.9 Å². The second-order valence-electron chi connectivity index (χ2n) is 9.51. The second-order valence-corrected chi connectivity index (χ2v) is 9.51. The van der Waals surface area contributed by atoms with Gasteiger partial charge in [0, 0.05) is 0 Å². The standard InChI is InChI=1S/2C17H17.2CH3.Si.Ti/c2*1-2-3-6-13-11-15-10-9-14-7-4-5-8-16(14)17(15)12-13;;;;/h2*4-5,7-12H,2-3,6H2,1H3;2*1H3;;/q4*-1;;. The number of rotatable bonds is 6. The van der Waals surface area contributed by atoms with Gasteiger partial charge >= 0.3 is 26.8 Å². The van der Waals surface area contributed by atoms with Crippen LogP contribution < -0.4 is 0 Å². The minimum atomic E-state index is 0. The van der Waals surface area contributed by atoms with Crippen molar-refractivity contribution in [1.29, 1.82) is 0 Å². The Kier molecular flexibility index (Phi) is 13.2. The Morgan fingerprint density at radius 1 is 0.553 bits per heavy atom. The van der Waals surface area contributed by atoms with Crippen LogP contribution in [0.1, 0.15) is 50.7 Å². The first-order chi connectivity index (χ1) is 17.8. The van der Waals surface area contributed by atoms with Gasteiger partial charge in [0.1, 0.15) is 0 Å². The molecule has 0 heterocycles. The maximum atomic E-state index is 2.97. The van der Waals surface area contributed by atoms with Crippen LogP contribution in [0.5, 0.6) is 0 Å². The molecule has 6 aromatic carbocycles. The van der Waals surface area contributed by atoms with E-state index in [9.17, 15) is 0 Å². The topological polar surface area (TPSA) is 0 Å². The Hall–Kier alpha value is -2.45. The maximum absolute atomic E-state index is 2.97. The summed E-state index contributed by atoms with van der Waals surface area (Å²) in [5, 5.41) is 11.0. The molecule has 2 radical (unpaired) electrons. The minimum absolute atomic E-state index is 0. The van der Waals surface area contributed by atoms with Crippen LogP contribution in [0.4, 0.5) is 0 Å². The molecule has 0 spiro atoms. The van der Waals surface area contributed by atoms with Gasteiger partial charge in [0.15, 0.2) is 0 Å². The Morgan fingerprint density at radius 3 is 1.32 bits per heavy atom. The second kappa shape index (κ2) is 15.8. The first-order valence-corrected chi connectivity index (χ1v) is 16.0. The van der Waals surface area contributed by atoms with Gasteiger partial charge in [0.05, 0.1) is 0 Å². The van der Waals surface area contributed by atoms with Crippen molar-refractivity contribution in [3.63, 3.8) is 0 Å². The molecular formula is C36H40SiTi-4. The average Bonchev–Trinajstić information content (AvgIpc) is 3.56. The molecule has 0 saturated carbocycles. The number of fused-ring (bicyclic) bond motifs is 6. The third-order valence-corrected chi connectivity index (χ3v) is 6.99. The van der Waals surface area contributed by atoms with Gasteiger partial charge < -0.3 is 14.9 Å². The third kappa shape index (κ3) is 7.35. The Balaban J connectivity index is 0.000000239. The van der Waals surface area contributed by atoms with E-state index in [4.69, 9.17) is 0 Å². The molecule has 0 aliphatic rings. The predicted octanol–water partition coefficient (Wildman–Crippen LogP) is 10.6. The van der Waals surface area contributed by atoms with Gasteiger partial charge in [-0.05, 0) is 12.8 Å². The predicted molar refractivity (Wildman–Crippen MR) is 170 cm³/mol. The summed E-state index contributed by atoms with van der Waals surface area (Å²) in [6.45, 7) is 4.50. The number of hydrogen-bond donors (Lipinski definition) is 0. The Labute approximate surface area is 244 Å². The zero-order valence-electron chi connectivity index (χ0n) is 23.5. The molecule has 6 rings (SSSR count). The van der Waals surface area contributed by atoms with Crippen LogP contribution in [0, 0.1) is 14.9 Å². The van der Waals surface area contributed by atoms with Crippen molar-refractivity contribution >= 4 is 50.7 Å². The van der Waals surface area contributed by atoms with Crippen LogP contribution in [-0.4, -0.2) is 7.63 Å². The van der Waals surface area contributed by atoms with Crippen LogP contribution >= 0.6 is 0 Å². The molecule has 2 heteroatoms. The van der Waals surface area contributed by atoms with Gasteiger partial charge in [-0.1, -0.05) is 122 Å². The van der Waals surface area contributed by atoms with Crippen molar-refractivity contribution in [3.8, 4) is 0 Å². The third-order valence-electron chi connectivity index (χ3n) is 6.99. The molecule has 0 aliphatic carbocycles. The fourth-order valence-corrected chi connectivity index (χ4v) is 5.10. The average molecular weight is 549 g/mol. The monoisotopic (exact) mass is 548 g/mol. The number of unbranched alkanes of at least 4 members (excludes halogenated alkanes) is 2. The van der Waals surface area contributed by atoms with E-state index in [1.165, 1.54) is 92.7 Å². The van der Waals surface area contributed by atoms with Crippen molar-refractivity contribution in [2.24, 2.45) is 0 Å². The molecule has 0 N–H and O–H groups in total. The van der Waals surface area contributed by atoms with Gasteiger partial charge in [-0.15, -0.1) is 56.9 Å². The van der Waals surface area contributed by atoms with Gasteiger partial charge in [-0.3, -0.25) is 0 Å². The van der Waals surface area contributed by atoms with E-state index in [2.05, 4.69) is 119 Å². The first-order valence-electron chi connectivity index (χ1n) is 13.2. The van der Waals surface area contributed by atoms with Gasteiger partial charge in [0.2, 0.25) is 0 Å². The molecule has 0 aromatic heterocycles. The summed E-state index contributed by atoms with van der Waals surface area (Å²) in [6.07, 6.45) is 7.52. The molecule has 0 saturated heterocycles. The van der Waals surface area contributed by atoms with E-state index in [0.717, 1.165) is 0 Å². The first kappa shape index (κ1) is 31.8. The summed E-state index contributed by atoms with van der Waals surface area (Å²) in [6, 6.07) is 35.6. The zero-order valence-corrected chi connectivity index (χ0v) is 26.0. The van der Waals surface area contributed by atoms with E-state index in [1.807, 2.05) is 0 Å². The normalized spacial score (nSPS) is 10.2. The molecule has 0 bridgehead atoms. The summed E-state index contributed by atoms with van der Waals surface area (Å²) in [5.41, 5.74) is 2.97. The summed E-state index contributed by atoms with van der Waals surface area (Å²) < 4.78 is 0. The number of benzene rings is 4. The summed E-state index contributed by atoms with van der Waals surface area (Å²) in [7, 11) is 2.97. The quantitative estimate of drug-likeness (QED) is 0.143. The van der Waals surface area contributed by atoms with Crippen LogP contribution in [0.15, 0.2) is 97.1 Å². The van der Waals surface area contributed by atoms with E-state index in [0.29, 0.717) is 0 Å². The molecule has 0 fully saturated rings.